The molecule has 1 aliphatic carbocycles. The molecular formula is C13H16BrNO4S. The van der Waals surface area contributed by atoms with Gasteiger partial charge in [0.05, 0.1) is 22.1 Å². The van der Waals surface area contributed by atoms with Crippen molar-refractivity contribution < 1.29 is 18.3 Å². The highest BCUT2D eigenvalue weighted by Gasteiger charge is 2.55. The molecule has 0 unspecified atom stereocenters. The third-order valence-corrected chi connectivity index (χ3v) is 6.41. The Kier molecular flexibility index (Phi) is 3.36. The van der Waals surface area contributed by atoms with Gasteiger partial charge in [0.15, 0.2) is 0 Å². The molecule has 7 heteroatoms. The van der Waals surface area contributed by atoms with E-state index in [4.69, 9.17) is 4.74 Å². The maximum absolute atomic E-state index is 12.5. The molecule has 2 fully saturated rings. The number of hydrogen-bond acceptors (Lipinski definition) is 4. The summed E-state index contributed by atoms with van der Waals surface area (Å²) in [4.78, 5) is 0.211. The number of aliphatic hydroxyl groups is 1. The topological polar surface area (TPSA) is 66.8 Å². The van der Waals surface area contributed by atoms with Gasteiger partial charge in [0.2, 0.25) is 10.0 Å². The highest BCUT2D eigenvalue weighted by Crippen LogP contribution is 2.46. The van der Waals surface area contributed by atoms with Crippen molar-refractivity contribution in [2.24, 2.45) is 5.92 Å². The third-order valence-electron chi connectivity index (χ3n) is 4.00. The SMILES string of the molecule is COc1ccc(S(=O)(=O)N2CC(O)(C3CC3)C2)cc1Br. The van der Waals surface area contributed by atoms with Gasteiger partial charge in [-0.3, -0.25) is 0 Å². The van der Waals surface area contributed by atoms with Crippen LogP contribution < -0.4 is 4.74 Å². The van der Waals surface area contributed by atoms with Crippen LogP contribution in [0, 0.1) is 5.92 Å². The van der Waals surface area contributed by atoms with E-state index < -0.39 is 15.6 Å². The number of ether oxygens (including phenoxy) is 1. The third kappa shape index (κ3) is 2.26. The molecule has 1 saturated carbocycles. The molecule has 5 nitrogen and oxygen atoms in total. The molecule has 0 radical (unpaired) electrons. The van der Waals surface area contributed by atoms with Crippen LogP contribution in [0.3, 0.4) is 0 Å². The van der Waals surface area contributed by atoms with Gasteiger partial charge in [-0.1, -0.05) is 0 Å². The summed E-state index contributed by atoms with van der Waals surface area (Å²) in [6, 6.07) is 4.67. The number of nitrogens with zero attached hydrogens (tertiary/aromatic N) is 1. The second-order valence-electron chi connectivity index (χ2n) is 5.45. The summed E-state index contributed by atoms with van der Waals surface area (Å²) < 4.78 is 31.9. The van der Waals surface area contributed by atoms with Crippen LogP contribution in [-0.2, 0) is 10.0 Å². The van der Waals surface area contributed by atoms with Gasteiger partial charge in [-0.2, -0.15) is 4.31 Å². The Morgan fingerprint density at radius 2 is 2.05 bits per heavy atom. The zero-order valence-electron chi connectivity index (χ0n) is 11.0. The van der Waals surface area contributed by atoms with Gasteiger partial charge in [0.1, 0.15) is 5.75 Å². The smallest absolute Gasteiger partial charge is 0.243 e. The average molecular weight is 362 g/mol. The first-order valence-corrected chi connectivity index (χ1v) is 8.66. The number of methoxy groups -OCH3 is 1. The molecular weight excluding hydrogens is 346 g/mol. The van der Waals surface area contributed by atoms with E-state index in [1.54, 1.807) is 6.07 Å². The fourth-order valence-electron chi connectivity index (χ4n) is 2.57. The molecule has 0 spiro atoms. The Balaban J connectivity index is 1.81. The first-order valence-electron chi connectivity index (χ1n) is 6.43. The van der Waals surface area contributed by atoms with Gasteiger partial charge >= 0.3 is 0 Å². The Morgan fingerprint density at radius 3 is 2.55 bits per heavy atom. The molecule has 110 valence electrons. The predicted molar refractivity (Wildman–Crippen MR) is 77.1 cm³/mol. The van der Waals surface area contributed by atoms with E-state index in [-0.39, 0.29) is 23.9 Å². The van der Waals surface area contributed by atoms with Gasteiger partial charge < -0.3 is 9.84 Å². The van der Waals surface area contributed by atoms with Crippen molar-refractivity contribution in [2.45, 2.75) is 23.3 Å². The fourth-order valence-corrected chi connectivity index (χ4v) is 4.85. The monoisotopic (exact) mass is 361 g/mol. The number of rotatable bonds is 4. The minimum atomic E-state index is -3.54. The van der Waals surface area contributed by atoms with Crippen molar-refractivity contribution in [1.82, 2.24) is 4.31 Å². The lowest BCUT2D eigenvalue weighted by atomic mass is 9.91. The minimum Gasteiger partial charge on any atom is -0.496 e. The second kappa shape index (κ2) is 4.69. The summed E-state index contributed by atoms with van der Waals surface area (Å²) >= 11 is 3.29. The molecule has 0 atom stereocenters. The number of sulfonamides is 1. The Labute approximate surface area is 126 Å². The van der Waals surface area contributed by atoms with E-state index in [9.17, 15) is 13.5 Å². The van der Waals surface area contributed by atoms with Crippen LogP contribution in [0.25, 0.3) is 0 Å². The lowest BCUT2D eigenvalue weighted by Gasteiger charge is -2.45. The number of β-amino-alcohol motifs (C(OH)–C–C–N with tert-alkyl or cyclic N) is 1. The Bertz CT molecular complexity index is 636. The van der Waals surface area contributed by atoms with E-state index in [2.05, 4.69) is 15.9 Å². The zero-order chi connectivity index (χ0) is 14.5. The molecule has 0 bridgehead atoms. The van der Waals surface area contributed by atoms with Crippen LogP contribution in [0.4, 0.5) is 0 Å². The van der Waals surface area contributed by atoms with Gasteiger partial charge in [-0.15, -0.1) is 0 Å². The van der Waals surface area contributed by atoms with Gasteiger partial charge in [-0.25, -0.2) is 8.42 Å². The largest absolute Gasteiger partial charge is 0.496 e. The molecule has 20 heavy (non-hydrogen) atoms. The molecule has 1 heterocycles. The number of hydrogen-bond donors (Lipinski definition) is 1. The Morgan fingerprint density at radius 1 is 1.40 bits per heavy atom. The maximum atomic E-state index is 12.5. The van der Waals surface area contributed by atoms with Crippen molar-refractivity contribution in [2.75, 3.05) is 20.2 Å². The molecule has 1 aromatic rings. The van der Waals surface area contributed by atoms with E-state index in [0.29, 0.717) is 10.2 Å². The number of benzene rings is 1. The predicted octanol–water partition coefficient (Wildman–Crippen LogP) is 1.60. The number of halogens is 1. The molecule has 1 saturated heterocycles. The molecule has 2 aliphatic rings. The van der Waals surface area contributed by atoms with Crippen molar-refractivity contribution in [1.29, 1.82) is 0 Å². The first kappa shape index (κ1) is 14.3. The van der Waals surface area contributed by atoms with Crippen LogP contribution in [0.2, 0.25) is 0 Å². The van der Waals surface area contributed by atoms with Crippen LogP contribution in [0.5, 0.6) is 5.75 Å². The molecule has 3 rings (SSSR count). The molecule has 1 aromatic carbocycles. The molecule has 1 N–H and O–H groups in total. The maximum Gasteiger partial charge on any atom is 0.243 e. The van der Waals surface area contributed by atoms with Gasteiger partial charge in [0, 0.05) is 13.1 Å². The quantitative estimate of drug-likeness (QED) is 0.884. The van der Waals surface area contributed by atoms with Crippen molar-refractivity contribution >= 4 is 26.0 Å². The van der Waals surface area contributed by atoms with Crippen molar-refractivity contribution in [3.05, 3.63) is 22.7 Å². The summed E-state index contributed by atoms with van der Waals surface area (Å²) in [5.74, 6) is 0.860. The van der Waals surface area contributed by atoms with E-state index >= 15 is 0 Å². The van der Waals surface area contributed by atoms with Crippen molar-refractivity contribution in [3.8, 4) is 5.75 Å². The highest BCUT2D eigenvalue weighted by molar-refractivity contribution is 9.10. The highest BCUT2D eigenvalue weighted by atomic mass is 79.9. The second-order valence-corrected chi connectivity index (χ2v) is 8.24. The summed E-state index contributed by atoms with van der Waals surface area (Å²) in [7, 11) is -2.01. The standard InChI is InChI=1S/C13H16BrNO4S/c1-19-12-5-4-10(6-11(12)14)20(17,18)15-7-13(16,8-15)9-2-3-9/h4-6,9,16H,2-3,7-8H2,1H3. The van der Waals surface area contributed by atoms with Crippen LogP contribution >= 0.6 is 15.9 Å². The minimum absolute atomic E-state index is 0.198. The van der Waals surface area contributed by atoms with Gasteiger partial charge in [0.25, 0.3) is 0 Å². The first-order chi connectivity index (χ1) is 9.37. The lowest BCUT2D eigenvalue weighted by Crippen LogP contribution is -2.64. The summed E-state index contributed by atoms with van der Waals surface area (Å²) in [6.45, 7) is 0.396. The average Bonchev–Trinajstić information content (AvgIpc) is 3.19. The van der Waals surface area contributed by atoms with Crippen LogP contribution in [0.1, 0.15) is 12.8 Å². The van der Waals surface area contributed by atoms with Gasteiger partial charge in [-0.05, 0) is 52.9 Å². The van der Waals surface area contributed by atoms with E-state index in [1.165, 1.54) is 23.5 Å². The summed E-state index contributed by atoms with van der Waals surface area (Å²) in [5, 5.41) is 10.2. The zero-order valence-corrected chi connectivity index (χ0v) is 13.4. The molecule has 0 amide bonds. The van der Waals surface area contributed by atoms with E-state index in [1.807, 2.05) is 0 Å². The van der Waals surface area contributed by atoms with E-state index in [0.717, 1.165) is 12.8 Å². The summed E-state index contributed by atoms with van der Waals surface area (Å²) in [5.41, 5.74) is -0.809. The van der Waals surface area contributed by atoms with Crippen LogP contribution in [-0.4, -0.2) is 43.6 Å². The summed E-state index contributed by atoms with van der Waals surface area (Å²) in [6.07, 6.45) is 2.00. The molecule has 0 aromatic heterocycles. The Hall–Kier alpha value is -0.630. The lowest BCUT2D eigenvalue weighted by molar-refractivity contribution is -0.0764. The normalized spacial score (nSPS) is 22.4. The molecule has 1 aliphatic heterocycles. The van der Waals surface area contributed by atoms with Crippen LogP contribution in [0.15, 0.2) is 27.6 Å². The fraction of sp³-hybridized carbons (Fsp3) is 0.538. The van der Waals surface area contributed by atoms with Crippen molar-refractivity contribution in [3.63, 3.8) is 0 Å².